The first-order valence-corrected chi connectivity index (χ1v) is 6.19. The highest BCUT2D eigenvalue weighted by Crippen LogP contribution is 2.23. The SMILES string of the molecule is CNC(=O)C(C)(C)CNCc1ccc(OC)cc1O. The number of aromatic hydroxyl groups is 1. The van der Waals surface area contributed by atoms with E-state index in [9.17, 15) is 9.90 Å². The van der Waals surface area contributed by atoms with Crippen LogP contribution in [0, 0.1) is 5.41 Å². The van der Waals surface area contributed by atoms with Crippen molar-refractivity contribution in [1.29, 1.82) is 0 Å². The summed E-state index contributed by atoms with van der Waals surface area (Å²) in [6.45, 7) is 4.76. The van der Waals surface area contributed by atoms with E-state index in [2.05, 4.69) is 10.6 Å². The molecule has 0 bridgehead atoms. The van der Waals surface area contributed by atoms with Gasteiger partial charge >= 0.3 is 0 Å². The standard InChI is InChI=1S/C14H22N2O3/c1-14(2,13(18)15-3)9-16-8-10-5-6-11(19-4)7-12(10)17/h5-7,16-17H,8-9H2,1-4H3,(H,15,18). The first-order chi connectivity index (χ1) is 8.90. The van der Waals surface area contributed by atoms with Gasteiger partial charge in [0.05, 0.1) is 12.5 Å². The van der Waals surface area contributed by atoms with Gasteiger partial charge in [-0.25, -0.2) is 0 Å². The molecule has 0 saturated heterocycles. The number of benzene rings is 1. The van der Waals surface area contributed by atoms with Crippen LogP contribution in [0.3, 0.4) is 0 Å². The van der Waals surface area contributed by atoms with Crippen molar-refractivity contribution >= 4 is 5.91 Å². The van der Waals surface area contributed by atoms with Gasteiger partial charge in [0.1, 0.15) is 11.5 Å². The Labute approximate surface area is 114 Å². The number of hydrogen-bond donors (Lipinski definition) is 3. The van der Waals surface area contributed by atoms with Crippen molar-refractivity contribution in [2.75, 3.05) is 20.7 Å². The Bertz CT molecular complexity index is 444. The molecule has 0 heterocycles. The van der Waals surface area contributed by atoms with Gasteiger partial charge in [-0.3, -0.25) is 4.79 Å². The molecule has 0 aliphatic carbocycles. The summed E-state index contributed by atoms with van der Waals surface area (Å²) in [6, 6.07) is 5.16. The van der Waals surface area contributed by atoms with E-state index in [0.717, 1.165) is 5.56 Å². The van der Waals surface area contributed by atoms with Gasteiger partial charge in [-0.15, -0.1) is 0 Å². The number of methoxy groups -OCH3 is 1. The zero-order chi connectivity index (χ0) is 14.5. The quantitative estimate of drug-likeness (QED) is 0.725. The fraction of sp³-hybridized carbons (Fsp3) is 0.500. The minimum absolute atomic E-state index is 0.0149. The van der Waals surface area contributed by atoms with Crippen LogP contribution < -0.4 is 15.4 Å². The topological polar surface area (TPSA) is 70.6 Å². The lowest BCUT2D eigenvalue weighted by Crippen LogP contribution is -2.41. The molecule has 5 heteroatoms. The summed E-state index contributed by atoms with van der Waals surface area (Å²) in [5.74, 6) is 0.787. The second kappa shape index (κ2) is 6.43. The first-order valence-electron chi connectivity index (χ1n) is 6.19. The van der Waals surface area contributed by atoms with Gasteiger partial charge in [-0.05, 0) is 19.9 Å². The number of carbonyl (C=O) groups excluding carboxylic acids is 1. The van der Waals surface area contributed by atoms with Crippen LogP contribution in [-0.2, 0) is 11.3 Å². The summed E-state index contributed by atoms with van der Waals surface area (Å²) < 4.78 is 5.02. The monoisotopic (exact) mass is 266 g/mol. The van der Waals surface area contributed by atoms with Gasteiger partial charge in [-0.1, -0.05) is 6.07 Å². The van der Waals surface area contributed by atoms with Gasteiger partial charge in [0.2, 0.25) is 5.91 Å². The number of nitrogens with one attached hydrogen (secondary N) is 2. The fourth-order valence-corrected chi connectivity index (χ4v) is 1.75. The molecule has 1 rings (SSSR count). The lowest BCUT2D eigenvalue weighted by atomic mass is 9.92. The number of phenolic OH excluding ortho intramolecular Hbond substituents is 1. The molecule has 5 nitrogen and oxygen atoms in total. The molecule has 0 radical (unpaired) electrons. The van der Waals surface area contributed by atoms with Crippen LogP contribution in [0.25, 0.3) is 0 Å². The van der Waals surface area contributed by atoms with Gasteiger partial charge < -0.3 is 20.5 Å². The van der Waals surface area contributed by atoms with Gasteiger partial charge in [-0.2, -0.15) is 0 Å². The third-order valence-electron chi connectivity index (χ3n) is 3.02. The van der Waals surface area contributed by atoms with Crippen molar-refractivity contribution < 1.29 is 14.6 Å². The van der Waals surface area contributed by atoms with Crippen molar-refractivity contribution in [2.45, 2.75) is 20.4 Å². The molecule has 1 aromatic carbocycles. The molecule has 0 aliphatic heterocycles. The van der Waals surface area contributed by atoms with Crippen LogP contribution in [0.1, 0.15) is 19.4 Å². The van der Waals surface area contributed by atoms with E-state index >= 15 is 0 Å². The molecule has 1 amide bonds. The predicted molar refractivity (Wildman–Crippen MR) is 74.2 cm³/mol. The highest BCUT2D eigenvalue weighted by Gasteiger charge is 2.25. The predicted octanol–water partition coefficient (Wildman–Crippen LogP) is 1.26. The Morgan fingerprint density at radius 1 is 1.42 bits per heavy atom. The zero-order valence-corrected chi connectivity index (χ0v) is 11.9. The Balaban J connectivity index is 2.56. The Hall–Kier alpha value is -1.75. The number of amides is 1. The third kappa shape index (κ3) is 4.13. The lowest BCUT2D eigenvalue weighted by molar-refractivity contribution is -0.128. The van der Waals surface area contributed by atoms with E-state index < -0.39 is 5.41 Å². The molecule has 0 spiro atoms. The van der Waals surface area contributed by atoms with E-state index in [0.29, 0.717) is 18.8 Å². The smallest absolute Gasteiger partial charge is 0.226 e. The molecule has 3 N–H and O–H groups in total. The van der Waals surface area contributed by atoms with Gasteiger partial charge in [0.15, 0.2) is 0 Å². The van der Waals surface area contributed by atoms with Gasteiger partial charge in [0.25, 0.3) is 0 Å². The van der Waals surface area contributed by atoms with Crippen LogP contribution in [-0.4, -0.2) is 31.7 Å². The number of phenols is 1. The molecule has 19 heavy (non-hydrogen) atoms. The van der Waals surface area contributed by atoms with Gasteiger partial charge in [0, 0.05) is 31.8 Å². The average Bonchev–Trinajstić information content (AvgIpc) is 2.39. The Morgan fingerprint density at radius 2 is 2.11 bits per heavy atom. The summed E-state index contributed by atoms with van der Waals surface area (Å²) in [5.41, 5.74) is 0.283. The maximum absolute atomic E-state index is 11.6. The second-order valence-electron chi connectivity index (χ2n) is 5.06. The number of ether oxygens (including phenoxy) is 1. The van der Waals surface area contributed by atoms with Crippen LogP contribution >= 0.6 is 0 Å². The Morgan fingerprint density at radius 3 is 2.63 bits per heavy atom. The van der Waals surface area contributed by atoms with E-state index in [-0.39, 0.29) is 11.7 Å². The highest BCUT2D eigenvalue weighted by molar-refractivity contribution is 5.81. The van der Waals surface area contributed by atoms with Crippen molar-refractivity contribution in [2.24, 2.45) is 5.41 Å². The summed E-state index contributed by atoms with van der Waals surface area (Å²) >= 11 is 0. The van der Waals surface area contributed by atoms with Crippen molar-refractivity contribution in [3.8, 4) is 11.5 Å². The molecule has 106 valence electrons. The van der Waals surface area contributed by atoms with Crippen molar-refractivity contribution in [1.82, 2.24) is 10.6 Å². The van der Waals surface area contributed by atoms with Crippen LogP contribution in [0.15, 0.2) is 18.2 Å². The van der Waals surface area contributed by atoms with Crippen LogP contribution in [0.5, 0.6) is 11.5 Å². The molecular formula is C14H22N2O3. The molecule has 0 aromatic heterocycles. The number of rotatable bonds is 6. The third-order valence-corrected chi connectivity index (χ3v) is 3.02. The lowest BCUT2D eigenvalue weighted by Gasteiger charge is -2.23. The molecule has 0 saturated carbocycles. The van der Waals surface area contributed by atoms with E-state index in [4.69, 9.17) is 4.74 Å². The minimum Gasteiger partial charge on any atom is -0.507 e. The summed E-state index contributed by atoms with van der Waals surface area (Å²) in [5, 5.41) is 15.6. The van der Waals surface area contributed by atoms with Crippen LogP contribution in [0.2, 0.25) is 0 Å². The van der Waals surface area contributed by atoms with E-state index in [1.165, 1.54) is 0 Å². The molecule has 0 atom stereocenters. The molecule has 0 fully saturated rings. The summed E-state index contributed by atoms with van der Waals surface area (Å²) in [4.78, 5) is 11.6. The van der Waals surface area contributed by atoms with Crippen LogP contribution in [0.4, 0.5) is 0 Å². The van der Waals surface area contributed by atoms with Crippen molar-refractivity contribution in [3.63, 3.8) is 0 Å². The normalized spacial score (nSPS) is 11.2. The molecule has 1 aromatic rings. The first kappa shape index (κ1) is 15.3. The highest BCUT2D eigenvalue weighted by atomic mass is 16.5. The summed E-state index contributed by atoms with van der Waals surface area (Å²) in [6.07, 6.45) is 0. The molecule has 0 unspecified atom stereocenters. The second-order valence-corrected chi connectivity index (χ2v) is 5.06. The van der Waals surface area contributed by atoms with E-state index in [1.807, 2.05) is 13.8 Å². The maximum atomic E-state index is 11.6. The van der Waals surface area contributed by atoms with E-state index in [1.54, 1.807) is 32.4 Å². The Kier molecular flexibility index (Phi) is 5.18. The minimum atomic E-state index is -0.489. The largest absolute Gasteiger partial charge is 0.507 e. The van der Waals surface area contributed by atoms with Crippen molar-refractivity contribution in [3.05, 3.63) is 23.8 Å². The summed E-state index contributed by atoms with van der Waals surface area (Å²) in [7, 11) is 3.18. The molecule has 0 aliphatic rings. The average molecular weight is 266 g/mol. The maximum Gasteiger partial charge on any atom is 0.226 e. The number of hydrogen-bond acceptors (Lipinski definition) is 4. The number of carbonyl (C=O) groups is 1. The zero-order valence-electron chi connectivity index (χ0n) is 11.9. The fourth-order valence-electron chi connectivity index (χ4n) is 1.75. The molecular weight excluding hydrogens is 244 g/mol.